The normalized spacial score (nSPS) is 9.00. The average molecular weight is 178 g/mol. The Balaban J connectivity index is 2.60. The molecule has 1 rings (SSSR count). The summed E-state index contributed by atoms with van der Waals surface area (Å²) in [4.78, 5) is 1.04. The van der Waals surface area contributed by atoms with Gasteiger partial charge >= 0.3 is 0 Å². The van der Waals surface area contributed by atoms with Crippen LogP contribution >= 0.6 is 11.9 Å². The van der Waals surface area contributed by atoms with Gasteiger partial charge in [0.1, 0.15) is 0 Å². The Morgan fingerprint density at radius 1 is 1.42 bits per heavy atom. The molecule has 1 aromatic carbocycles. The molecule has 1 aromatic rings. The van der Waals surface area contributed by atoms with Crippen molar-refractivity contribution in [2.75, 3.05) is 11.9 Å². The fourth-order valence-electron chi connectivity index (χ4n) is 0.804. The van der Waals surface area contributed by atoms with E-state index in [9.17, 15) is 0 Å². The maximum atomic E-state index is 5.36. The fraction of sp³-hybridized carbons (Fsp3) is 0.111. The Kier molecular flexibility index (Phi) is 3.52. The van der Waals surface area contributed by atoms with Gasteiger partial charge in [0.05, 0.1) is 6.54 Å². The Morgan fingerprint density at radius 2 is 2.08 bits per heavy atom. The molecule has 0 bridgehead atoms. The molecular formula is C9H10N2S. The minimum Gasteiger partial charge on any atom is -0.374 e. The Labute approximate surface area is 76.7 Å². The van der Waals surface area contributed by atoms with Crippen molar-refractivity contribution in [3.05, 3.63) is 24.3 Å². The standard InChI is InChI=1S/C9H10N2S/c1-2-7-11-8-3-5-9(12-10)6-4-8/h1,3-6,11H,7,10H2. The zero-order chi connectivity index (χ0) is 8.81. The molecule has 2 nitrogen and oxygen atoms in total. The minimum atomic E-state index is 0.551. The summed E-state index contributed by atoms with van der Waals surface area (Å²) in [6, 6.07) is 7.80. The fourth-order valence-corrected chi connectivity index (χ4v) is 1.10. The van der Waals surface area contributed by atoms with Crippen LogP contribution in [0.25, 0.3) is 0 Å². The van der Waals surface area contributed by atoms with Crippen LogP contribution in [0.4, 0.5) is 5.69 Å². The lowest BCUT2D eigenvalue weighted by molar-refractivity contribution is 1.35. The summed E-state index contributed by atoms with van der Waals surface area (Å²) in [6.07, 6.45) is 5.10. The summed E-state index contributed by atoms with van der Waals surface area (Å²) in [6.45, 7) is 0.551. The van der Waals surface area contributed by atoms with Crippen molar-refractivity contribution in [3.63, 3.8) is 0 Å². The van der Waals surface area contributed by atoms with Gasteiger partial charge in [-0.1, -0.05) is 5.92 Å². The molecule has 62 valence electrons. The van der Waals surface area contributed by atoms with Crippen molar-refractivity contribution < 1.29 is 0 Å². The number of terminal acetylenes is 1. The predicted octanol–water partition coefficient (Wildman–Crippen LogP) is 1.70. The quantitative estimate of drug-likeness (QED) is 0.546. The molecule has 0 saturated heterocycles. The largest absolute Gasteiger partial charge is 0.374 e. The van der Waals surface area contributed by atoms with Crippen LogP contribution < -0.4 is 10.5 Å². The van der Waals surface area contributed by atoms with Crippen LogP contribution in [0.2, 0.25) is 0 Å². The second-order valence-electron chi connectivity index (χ2n) is 2.20. The molecule has 0 fully saturated rings. The van der Waals surface area contributed by atoms with Crippen LogP contribution in [0.5, 0.6) is 0 Å². The van der Waals surface area contributed by atoms with E-state index in [2.05, 4.69) is 11.2 Å². The molecule has 3 heteroatoms. The van der Waals surface area contributed by atoms with Gasteiger partial charge < -0.3 is 5.32 Å². The van der Waals surface area contributed by atoms with Gasteiger partial charge in [-0.2, -0.15) is 0 Å². The van der Waals surface area contributed by atoms with E-state index in [1.807, 2.05) is 24.3 Å². The number of rotatable bonds is 3. The highest BCUT2D eigenvalue weighted by Gasteiger charge is 1.90. The molecule has 0 saturated carbocycles. The second kappa shape index (κ2) is 4.70. The molecule has 0 aliphatic carbocycles. The molecule has 0 aromatic heterocycles. The third-order valence-electron chi connectivity index (χ3n) is 1.38. The maximum absolute atomic E-state index is 5.36. The first-order chi connectivity index (χ1) is 5.86. The molecule has 0 radical (unpaired) electrons. The van der Waals surface area contributed by atoms with Gasteiger partial charge in [0.15, 0.2) is 0 Å². The molecule has 0 aliphatic heterocycles. The van der Waals surface area contributed by atoms with E-state index < -0.39 is 0 Å². The summed E-state index contributed by atoms with van der Waals surface area (Å²) in [5.74, 6) is 2.50. The van der Waals surface area contributed by atoms with Crippen molar-refractivity contribution in [1.82, 2.24) is 0 Å². The van der Waals surface area contributed by atoms with Crippen LogP contribution in [-0.2, 0) is 0 Å². The Bertz CT molecular complexity index is 274. The number of anilines is 1. The van der Waals surface area contributed by atoms with Crippen LogP contribution in [0.3, 0.4) is 0 Å². The zero-order valence-corrected chi connectivity index (χ0v) is 7.40. The summed E-state index contributed by atoms with van der Waals surface area (Å²) in [5, 5.41) is 8.42. The molecule has 0 heterocycles. The van der Waals surface area contributed by atoms with Crippen molar-refractivity contribution >= 4 is 17.6 Å². The van der Waals surface area contributed by atoms with Gasteiger partial charge in [-0.05, 0) is 36.2 Å². The van der Waals surface area contributed by atoms with Crippen molar-refractivity contribution in [1.29, 1.82) is 0 Å². The maximum Gasteiger partial charge on any atom is 0.0763 e. The molecule has 3 N–H and O–H groups in total. The smallest absolute Gasteiger partial charge is 0.0763 e. The van der Waals surface area contributed by atoms with Crippen molar-refractivity contribution in [3.8, 4) is 12.3 Å². The third-order valence-corrected chi connectivity index (χ3v) is 1.93. The summed E-state index contributed by atoms with van der Waals surface area (Å²) >= 11 is 1.23. The minimum absolute atomic E-state index is 0.551. The lowest BCUT2D eigenvalue weighted by atomic mass is 10.3. The highest BCUT2D eigenvalue weighted by Crippen LogP contribution is 2.14. The SMILES string of the molecule is C#CCNc1ccc(SN)cc1. The number of benzene rings is 1. The zero-order valence-electron chi connectivity index (χ0n) is 6.58. The molecule has 0 aliphatic rings. The molecule has 0 amide bonds. The van der Waals surface area contributed by atoms with Gasteiger partial charge in [-0.3, -0.25) is 5.14 Å². The highest BCUT2D eigenvalue weighted by molar-refractivity contribution is 7.97. The molecule has 0 spiro atoms. The summed E-state index contributed by atoms with van der Waals surface area (Å²) in [7, 11) is 0. The van der Waals surface area contributed by atoms with Gasteiger partial charge in [0, 0.05) is 10.6 Å². The summed E-state index contributed by atoms with van der Waals surface area (Å²) in [5.41, 5.74) is 1.02. The average Bonchev–Trinajstić information content (AvgIpc) is 2.15. The van der Waals surface area contributed by atoms with Gasteiger partial charge in [-0.25, -0.2) is 0 Å². The molecular weight excluding hydrogens is 168 g/mol. The lowest BCUT2D eigenvalue weighted by Gasteiger charge is -2.02. The Morgan fingerprint density at radius 3 is 2.58 bits per heavy atom. The van der Waals surface area contributed by atoms with Crippen molar-refractivity contribution in [2.24, 2.45) is 5.14 Å². The van der Waals surface area contributed by atoms with Gasteiger partial charge in [0.2, 0.25) is 0 Å². The molecule has 0 atom stereocenters. The monoisotopic (exact) mass is 178 g/mol. The highest BCUT2D eigenvalue weighted by atomic mass is 32.2. The third kappa shape index (κ3) is 2.50. The van der Waals surface area contributed by atoms with E-state index in [-0.39, 0.29) is 0 Å². The van der Waals surface area contributed by atoms with Crippen molar-refractivity contribution in [2.45, 2.75) is 4.90 Å². The van der Waals surface area contributed by atoms with E-state index >= 15 is 0 Å². The Hall–Kier alpha value is -1.11. The first-order valence-electron chi connectivity index (χ1n) is 3.51. The number of hydrogen-bond donors (Lipinski definition) is 2. The lowest BCUT2D eigenvalue weighted by Crippen LogP contribution is -1.97. The van der Waals surface area contributed by atoms with E-state index in [0.717, 1.165) is 10.6 Å². The topological polar surface area (TPSA) is 38.0 Å². The van der Waals surface area contributed by atoms with Gasteiger partial charge in [0.25, 0.3) is 0 Å². The van der Waals surface area contributed by atoms with Crippen LogP contribution in [-0.4, -0.2) is 6.54 Å². The van der Waals surface area contributed by atoms with Gasteiger partial charge in [-0.15, -0.1) is 6.42 Å². The summed E-state index contributed by atoms with van der Waals surface area (Å²) < 4.78 is 0. The second-order valence-corrected chi connectivity index (χ2v) is 2.91. The number of nitrogens with one attached hydrogen (secondary N) is 1. The predicted molar refractivity (Wildman–Crippen MR) is 53.8 cm³/mol. The van der Waals surface area contributed by atoms with E-state index in [1.54, 1.807) is 0 Å². The first-order valence-corrected chi connectivity index (χ1v) is 4.39. The molecule has 0 unspecified atom stereocenters. The van der Waals surface area contributed by atoms with Crippen LogP contribution in [0.1, 0.15) is 0 Å². The van der Waals surface area contributed by atoms with E-state index in [4.69, 9.17) is 11.6 Å². The first kappa shape index (κ1) is 8.98. The van der Waals surface area contributed by atoms with E-state index in [0.29, 0.717) is 6.54 Å². The van der Waals surface area contributed by atoms with Crippen LogP contribution in [0.15, 0.2) is 29.2 Å². The molecule has 12 heavy (non-hydrogen) atoms. The van der Waals surface area contributed by atoms with Crippen LogP contribution in [0, 0.1) is 12.3 Å². The number of nitrogens with two attached hydrogens (primary N) is 1. The number of hydrogen-bond acceptors (Lipinski definition) is 3. The van der Waals surface area contributed by atoms with E-state index in [1.165, 1.54) is 11.9 Å².